The Morgan fingerprint density at radius 1 is 1.35 bits per heavy atom. The van der Waals surface area contributed by atoms with Crippen LogP contribution in [0.4, 0.5) is 0 Å². The third-order valence-electron chi connectivity index (χ3n) is 3.48. The van der Waals surface area contributed by atoms with Crippen molar-refractivity contribution in [3.05, 3.63) is 35.4 Å². The van der Waals surface area contributed by atoms with E-state index in [-0.39, 0.29) is 11.8 Å². The van der Waals surface area contributed by atoms with Crippen LogP contribution in [0.15, 0.2) is 24.3 Å². The number of aryl methyl sites for hydroxylation is 1. The van der Waals surface area contributed by atoms with Crippen molar-refractivity contribution in [2.75, 3.05) is 26.7 Å². The van der Waals surface area contributed by atoms with E-state index in [0.717, 1.165) is 11.1 Å². The highest BCUT2D eigenvalue weighted by Gasteiger charge is 2.21. The zero-order valence-corrected chi connectivity index (χ0v) is 12.9. The predicted molar refractivity (Wildman–Crippen MR) is 81.5 cm³/mol. The number of nitrogens with one attached hydrogen (secondary N) is 1. The Kier molecular flexibility index (Phi) is 6.68. The summed E-state index contributed by atoms with van der Waals surface area (Å²) >= 11 is 0. The fourth-order valence-electron chi connectivity index (χ4n) is 2.18. The first-order valence-corrected chi connectivity index (χ1v) is 7.17. The SMILES string of the molecule is CCN(CC(O)c1ccc(C)cc1)C(=O)C(C)CNC. The summed E-state index contributed by atoms with van der Waals surface area (Å²) in [5.41, 5.74) is 2.01. The summed E-state index contributed by atoms with van der Waals surface area (Å²) < 4.78 is 0. The summed E-state index contributed by atoms with van der Waals surface area (Å²) in [7, 11) is 1.83. The maximum atomic E-state index is 12.3. The van der Waals surface area contributed by atoms with Crippen molar-refractivity contribution in [3.8, 4) is 0 Å². The quantitative estimate of drug-likeness (QED) is 0.798. The summed E-state index contributed by atoms with van der Waals surface area (Å²) in [4.78, 5) is 14.0. The molecule has 112 valence electrons. The molecule has 20 heavy (non-hydrogen) atoms. The first-order chi connectivity index (χ1) is 9.49. The van der Waals surface area contributed by atoms with Gasteiger partial charge in [0, 0.05) is 19.0 Å². The number of benzene rings is 1. The molecule has 0 radical (unpaired) electrons. The van der Waals surface area contributed by atoms with Gasteiger partial charge in [-0.05, 0) is 26.5 Å². The van der Waals surface area contributed by atoms with Crippen LogP contribution in [0, 0.1) is 12.8 Å². The molecule has 2 N–H and O–H groups in total. The van der Waals surface area contributed by atoms with Crippen LogP contribution in [-0.2, 0) is 4.79 Å². The van der Waals surface area contributed by atoms with Crippen molar-refractivity contribution in [2.45, 2.75) is 26.9 Å². The van der Waals surface area contributed by atoms with E-state index in [4.69, 9.17) is 0 Å². The van der Waals surface area contributed by atoms with E-state index in [1.165, 1.54) is 0 Å². The van der Waals surface area contributed by atoms with E-state index in [2.05, 4.69) is 5.32 Å². The molecule has 1 aromatic rings. The third kappa shape index (κ3) is 4.62. The Labute approximate surface area is 121 Å². The number of hydrogen-bond donors (Lipinski definition) is 2. The molecular weight excluding hydrogens is 252 g/mol. The molecule has 2 unspecified atom stereocenters. The second kappa shape index (κ2) is 8.02. The number of nitrogens with zero attached hydrogens (tertiary/aromatic N) is 1. The van der Waals surface area contributed by atoms with Crippen LogP contribution in [0.5, 0.6) is 0 Å². The fourth-order valence-corrected chi connectivity index (χ4v) is 2.18. The van der Waals surface area contributed by atoms with Gasteiger partial charge in [0.2, 0.25) is 5.91 Å². The number of amides is 1. The average Bonchev–Trinajstić information content (AvgIpc) is 2.44. The van der Waals surface area contributed by atoms with Gasteiger partial charge in [-0.2, -0.15) is 0 Å². The first kappa shape index (κ1) is 16.7. The topological polar surface area (TPSA) is 52.6 Å². The summed E-state index contributed by atoms with van der Waals surface area (Å²) in [6.07, 6.45) is -0.638. The van der Waals surface area contributed by atoms with Crippen molar-refractivity contribution in [1.82, 2.24) is 10.2 Å². The number of carbonyl (C=O) groups is 1. The lowest BCUT2D eigenvalue weighted by Gasteiger charge is -2.27. The molecule has 0 saturated carbocycles. The van der Waals surface area contributed by atoms with Crippen LogP contribution in [0.25, 0.3) is 0 Å². The lowest BCUT2D eigenvalue weighted by Crippen LogP contribution is -2.40. The minimum atomic E-state index is -0.638. The number of carbonyl (C=O) groups excluding carboxylic acids is 1. The van der Waals surface area contributed by atoms with Gasteiger partial charge in [0.1, 0.15) is 0 Å². The van der Waals surface area contributed by atoms with Crippen LogP contribution < -0.4 is 5.32 Å². The van der Waals surface area contributed by atoms with E-state index >= 15 is 0 Å². The molecule has 0 aliphatic rings. The summed E-state index contributed by atoms with van der Waals surface area (Å²) in [6, 6.07) is 7.77. The molecule has 0 aromatic heterocycles. The number of likely N-dealkylation sites (N-methyl/N-ethyl adjacent to an activating group) is 1. The molecule has 0 bridgehead atoms. The Morgan fingerprint density at radius 2 is 1.95 bits per heavy atom. The normalized spacial score (nSPS) is 13.8. The van der Waals surface area contributed by atoms with Crippen molar-refractivity contribution in [3.63, 3.8) is 0 Å². The van der Waals surface area contributed by atoms with Gasteiger partial charge in [-0.25, -0.2) is 0 Å². The standard InChI is InChI=1S/C16H26N2O2/c1-5-18(16(20)13(3)10-17-4)11-15(19)14-8-6-12(2)7-9-14/h6-9,13,15,17,19H,5,10-11H2,1-4H3. The molecule has 4 nitrogen and oxygen atoms in total. The van der Waals surface area contributed by atoms with Crippen LogP contribution >= 0.6 is 0 Å². The zero-order valence-electron chi connectivity index (χ0n) is 12.9. The van der Waals surface area contributed by atoms with E-state index in [1.807, 2.05) is 52.1 Å². The van der Waals surface area contributed by atoms with Gasteiger partial charge in [-0.3, -0.25) is 4.79 Å². The largest absolute Gasteiger partial charge is 0.387 e. The van der Waals surface area contributed by atoms with E-state index in [1.54, 1.807) is 4.90 Å². The van der Waals surface area contributed by atoms with Crippen molar-refractivity contribution >= 4 is 5.91 Å². The van der Waals surface area contributed by atoms with Gasteiger partial charge in [0.05, 0.1) is 12.6 Å². The lowest BCUT2D eigenvalue weighted by molar-refractivity contribution is -0.136. The Bertz CT molecular complexity index is 417. The molecule has 4 heteroatoms. The van der Waals surface area contributed by atoms with Gasteiger partial charge in [-0.1, -0.05) is 36.8 Å². The first-order valence-electron chi connectivity index (χ1n) is 7.17. The smallest absolute Gasteiger partial charge is 0.226 e. The molecule has 0 spiro atoms. The van der Waals surface area contributed by atoms with Crippen LogP contribution in [0.2, 0.25) is 0 Å². The minimum absolute atomic E-state index is 0.0769. The van der Waals surface area contributed by atoms with Gasteiger partial charge in [-0.15, -0.1) is 0 Å². The molecule has 0 heterocycles. The van der Waals surface area contributed by atoms with Crippen LogP contribution in [0.1, 0.15) is 31.1 Å². The molecular formula is C16H26N2O2. The maximum Gasteiger partial charge on any atom is 0.226 e. The molecule has 2 atom stereocenters. The Balaban J connectivity index is 2.67. The molecule has 1 aromatic carbocycles. The van der Waals surface area contributed by atoms with Crippen molar-refractivity contribution in [2.24, 2.45) is 5.92 Å². The van der Waals surface area contributed by atoms with E-state index in [0.29, 0.717) is 19.6 Å². The highest BCUT2D eigenvalue weighted by molar-refractivity contribution is 5.78. The van der Waals surface area contributed by atoms with Gasteiger partial charge in [0.15, 0.2) is 0 Å². The summed E-state index contributed by atoms with van der Waals surface area (Å²) in [5.74, 6) is -0.00169. The number of aliphatic hydroxyl groups is 1. The zero-order chi connectivity index (χ0) is 15.1. The van der Waals surface area contributed by atoms with Gasteiger partial charge < -0.3 is 15.3 Å². The maximum absolute atomic E-state index is 12.3. The van der Waals surface area contributed by atoms with Crippen molar-refractivity contribution < 1.29 is 9.90 Å². The molecule has 1 amide bonds. The number of aliphatic hydroxyl groups excluding tert-OH is 1. The molecule has 0 aliphatic heterocycles. The summed E-state index contributed by atoms with van der Waals surface area (Å²) in [6.45, 7) is 7.45. The fraction of sp³-hybridized carbons (Fsp3) is 0.562. The van der Waals surface area contributed by atoms with Gasteiger partial charge in [0.25, 0.3) is 0 Å². The van der Waals surface area contributed by atoms with E-state index in [9.17, 15) is 9.90 Å². The molecule has 0 saturated heterocycles. The minimum Gasteiger partial charge on any atom is -0.387 e. The predicted octanol–water partition coefficient (Wildman–Crippen LogP) is 1.73. The molecule has 1 rings (SSSR count). The highest BCUT2D eigenvalue weighted by atomic mass is 16.3. The summed E-state index contributed by atoms with van der Waals surface area (Å²) in [5, 5.41) is 13.3. The Morgan fingerprint density at radius 3 is 2.45 bits per heavy atom. The van der Waals surface area contributed by atoms with Crippen LogP contribution in [-0.4, -0.2) is 42.6 Å². The van der Waals surface area contributed by atoms with Gasteiger partial charge >= 0.3 is 0 Å². The molecule has 0 fully saturated rings. The van der Waals surface area contributed by atoms with Crippen LogP contribution in [0.3, 0.4) is 0 Å². The second-order valence-electron chi connectivity index (χ2n) is 5.26. The highest BCUT2D eigenvalue weighted by Crippen LogP contribution is 2.16. The molecule has 0 aliphatic carbocycles. The average molecular weight is 278 g/mol. The second-order valence-corrected chi connectivity index (χ2v) is 5.26. The third-order valence-corrected chi connectivity index (χ3v) is 3.48. The Hall–Kier alpha value is -1.39. The number of hydrogen-bond acceptors (Lipinski definition) is 3. The monoisotopic (exact) mass is 278 g/mol. The van der Waals surface area contributed by atoms with Crippen molar-refractivity contribution in [1.29, 1.82) is 0 Å². The number of rotatable bonds is 7. The lowest BCUT2D eigenvalue weighted by atomic mass is 10.1. The van der Waals surface area contributed by atoms with E-state index < -0.39 is 6.10 Å².